The molecule has 2 N–H and O–H groups in total. The van der Waals surface area contributed by atoms with E-state index in [9.17, 15) is 0 Å². The van der Waals surface area contributed by atoms with Crippen molar-refractivity contribution in [3.05, 3.63) is 5.82 Å². The van der Waals surface area contributed by atoms with Crippen molar-refractivity contribution in [1.29, 1.82) is 0 Å². The van der Waals surface area contributed by atoms with Gasteiger partial charge in [0.25, 0.3) is 0 Å². The van der Waals surface area contributed by atoms with Crippen LogP contribution in [0.15, 0.2) is 10.1 Å². The molecule has 0 aliphatic carbocycles. The summed E-state index contributed by atoms with van der Waals surface area (Å²) in [7, 11) is 0. The molecule has 0 aliphatic heterocycles. The summed E-state index contributed by atoms with van der Waals surface area (Å²) >= 11 is 5.82. The van der Waals surface area contributed by atoms with Crippen molar-refractivity contribution in [1.82, 2.24) is 9.97 Å². The average Bonchev–Trinajstić information content (AvgIpc) is 2.09. The first-order valence-electron chi connectivity index (χ1n) is 4.11. The van der Waals surface area contributed by atoms with Crippen molar-refractivity contribution in [3.63, 3.8) is 0 Å². The van der Waals surface area contributed by atoms with Crippen LogP contribution in [-0.2, 0) is 0 Å². The summed E-state index contributed by atoms with van der Waals surface area (Å²) in [5.74, 6) is 1.74. The Hall–Kier alpha value is -0.420. The lowest BCUT2D eigenvalue weighted by Gasteiger charge is -2.06. The Bertz CT molecular complexity index is 302. The van der Waals surface area contributed by atoms with Crippen LogP contribution in [0.3, 0.4) is 0 Å². The molecule has 72 valence electrons. The predicted octanol–water partition coefficient (Wildman–Crippen LogP) is 2.16. The van der Waals surface area contributed by atoms with Gasteiger partial charge in [0, 0.05) is 0 Å². The first kappa shape index (κ1) is 10.7. The van der Waals surface area contributed by atoms with Crippen LogP contribution in [0.1, 0.15) is 19.2 Å². The molecule has 5 heteroatoms. The van der Waals surface area contributed by atoms with Gasteiger partial charge in [-0.3, -0.25) is 0 Å². The van der Waals surface area contributed by atoms with Gasteiger partial charge in [0.1, 0.15) is 15.9 Å². The summed E-state index contributed by atoms with van der Waals surface area (Å²) in [4.78, 5) is 8.31. The summed E-state index contributed by atoms with van der Waals surface area (Å²) in [6.07, 6.45) is 1.11. The fourth-order valence-corrected chi connectivity index (χ4v) is 2.02. The van der Waals surface area contributed by atoms with Crippen molar-refractivity contribution in [2.24, 2.45) is 0 Å². The number of nitrogen functional groups attached to an aromatic ring is 1. The van der Waals surface area contributed by atoms with Gasteiger partial charge in [-0.15, -0.1) is 24.4 Å². The third kappa shape index (κ3) is 2.77. The third-order valence-corrected chi connectivity index (χ3v) is 2.98. The van der Waals surface area contributed by atoms with Crippen LogP contribution in [0.4, 0.5) is 5.69 Å². The topological polar surface area (TPSA) is 51.8 Å². The van der Waals surface area contributed by atoms with Gasteiger partial charge in [0.2, 0.25) is 0 Å². The van der Waals surface area contributed by atoms with E-state index >= 15 is 0 Å². The number of aryl methyl sites for hydroxylation is 1. The van der Waals surface area contributed by atoms with Crippen molar-refractivity contribution < 1.29 is 0 Å². The molecule has 0 saturated carbocycles. The first-order chi connectivity index (χ1) is 6.15. The van der Waals surface area contributed by atoms with Crippen molar-refractivity contribution in [2.45, 2.75) is 30.3 Å². The minimum absolute atomic E-state index is 0.575. The van der Waals surface area contributed by atoms with Crippen LogP contribution in [-0.4, -0.2) is 15.7 Å². The van der Waals surface area contributed by atoms with E-state index in [1.54, 1.807) is 11.8 Å². The van der Waals surface area contributed by atoms with Crippen LogP contribution in [0, 0.1) is 6.92 Å². The smallest absolute Gasteiger partial charge is 0.128 e. The molecule has 0 unspecified atom stereocenters. The van der Waals surface area contributed by atoms with Crippen molar-refractivity contribution in [3.8, 4) is 0 Å². The summed E-state index contributed by atoms with van der Waals surface area (Å²) in [6.45, 7) is 3.97. The number of hydrogen-bond donors (Lipinski definition) is 2. The normalized spacial score (nSPS) is 10.4. The number of thioether (sulfide) groups is 1. The highest BCUT2D eigenvalue weighted by atomic mass is 32.2. The van der Waals surface area contributed by atoms with E-state index < -0.39 is 0 Å². The monoisotopic (exact) mass is 215 g/mol. The van der Waals surface area contributed by atoms with Crippen molar-refractivity contribution >= 4 is 30.1 Å². The highest BCUT2D eigenvalue weighted by molar-refractivity contribution is 7.99. The maximum atomic E-state index is 5.77. The third-order valence-electron chi connectivity index (χ3n) is 1.45. The van der Waals surface area contributed by atoms with Gasteiger partial charge in [-0.05, 0) is 19.1 Å². The fraction of sp³-hybridized carbons (Fsp3) is 0.500. The molecule has 0 radical (unpaired) electrons. The summed E-state index contributed by atoms with van der Waals surface area (Å²) in [6, 6.07) is 0. The molecular formula is C8H13N3S2. The van der Waals surface area contributed by atoms with E-state index in [1.807, 2.05) is 6.92 Å². The molecule has 1 rings (SSSR count). The number of nitrogens with two attached hydrogens (primary N) is 1. The van der Waals surface area contributed by atoms with E-state index in [4.69, 9.17) is 5.73 Å². The van der Waals surface area contributed by atoms with Gasteiger partial charge in [0.05, 0.1) is 5.69 Å². The molecular weight excluding hydrogens is 202 g/mol. The number of thiol groups is 1. The zero-order valence-electron chi connectivity index (χ0n) is 7.74. The average molecular weight is 215 g/mol. The second-order valence-corrected chi connectivity index (χ2v) is 4.17. The molecule has 0 spiro atoms. The standard InChI is InChI=1S/C8H13N3S2/c1-3-4-13-8-6(9)7(12)10-5(2)11-8/h3-4,9H2,1-2H3,(H,10,11,12). The molecule has 0 aliphatic rings. The minimum Gasteiger partial charge on any atom is -0.394 e. The zero-order chi connectivity index (χ0) is 9.84. The van der Waals surface area contributed by atoms with Gasteiger partial charge in [-0.1, -0.05) is 6.92 Å². The lowest BCUT2D eigenvalue weighted by molar-refractivity contribution is 0.911. The molecule has 0 amide bonds. The van der Waals surface area contributed by atoms with Gasteiger partial charge in [0.15, 0.2) is 0 Å². The lowest BCUT2D eigenvalue weighted by atomic mass is 10.5. The Morgan fingerprint density at radius 2 is 2.15 bits per heavy atom. The van der Waals surface area contributed by atoms with Gasteiger partial charge in [-0.2, -0.15) is 0 Å². The number of rotatable bonds is 3. The number of nitrogens with zero attached hydrogens (tertiary/aromatic N) is 2. The quantitative estimate of drug-likeness (QED) is 0.461. The van der Waals surface area contributed by atoms with Gasteiger partial charge in [-0.25, -0.2) is 9.97 Å². The molecule has 1 aromatic rings. The van der Waals surface area contributed by atoms with Crippen LogP contribution >= 0.6 is 24.4 Å². The second kappa shape index (κ2) is 4.72. The highest BCUT2D eigenvalue weighted by Gasteiger charge is 2.06. The Kier molecular flexibility index (Phi) is 3.87. The Labute approximate surface area is 87.9 Å². The molecule has 0 bridgehead atoms. The maximum Gasteiger partial charge on any atom is 0.128 e. The number of aromatic nitrogens is 2. The van der Waals surface area contributed by atoms with Crippen LogP contribution in [0.2, 0.25) is 0 Å². The molecule has 0 saturated heterocycles. The highest BCUT2D eigenvalue weighted by Crippen LogP contribution is 2.27. The van der Waals surface area contributed by atoms with Gasteiger partial charge >= 0.3 is 0 Å². The molecule has 1 heterocycles. The van der Waals surface area contributed by atoms with E-state index in [1.165, 1.54) is 0 Å². The molecule has 0 aromatic carbocycles. The van der Waals surface area contributed by atoms with E-state index in [-0.39, 0.29) is 0 Å². The van der Waals surface area contributed by atoms with Crippen LogP contribution in [0.25, 0.3) is 0 Å². The molecule has 0 fully saturated rings. The zero-order valence-corrected chi connectivity index (χ0v) is 9.45. The minimum atomic E-state index is 0.575. The summed E-state index contributed by atoms with van der Waals surface area (Å²) in [5, 5.41) is 1.42. The Balaban J connectivity index is 2.92. The largest absolute Gasteiger partial charge is 0.394 e. The van der Waals surface area contributed by atoms with Gasteiger partial charge < -0.3 is 5.73 Å². The van der Waals surface area contributed by atoms with Crippen molar-refractivity contribution in [2.75, 3.05) is 11.5 Å². The van der Waals surface area contributed by atoms with E-state index in [0.717, 1.165) is 23.0 Å². The summed E-state index contributed by atoms with van der Waals surface area (Å²) in [5.41, 5.74) is 6.36. The molecule has 13 heavy (non-hydrogen) atoms. The SMILES string of the molecule is CCCSc1nc(C)nc(S)c1N. The van der Waals surface area contributed by atoms with Crippen LogP contribution in [0.5, 0.6) is 0 Å². The summed E-state index contributed by atoms with van der Waals surface area (Å²) < 4.78 is 0. The first-order valence-corrected chi connectivity index (χ1v) is 5.54. The Morgan fingerprint density at radius 1 is 1.46 bits per heavy atom. The molecule has 0 atom stereocenters. The van der Waals surface area contributed by atoms with E-state index in [2.05, 4.69) is 29.5 Å². The Morgan fingerprint density at radius 3 is 2.77 bits per heavy atom. The van der Waals surface area contributed by atoms with E-state index in [0.29, 0.717) is 10.7 Å². The predicted molar refractivity (Wildman–Crippen MR) is 59.4 cm³/mol. The number of anilines is 1. The maximum absolute atomic E-state index is 5.77. The number of hydrogen-bond acceptors (Lipinski definition) is 5. The fourth-order valence-electron chi connectivity index (χ4n) is 0.850. The molecule has 1 aromatic heterocycles. The van der Waals surface area contributed by atoms with Crippen LogP contribution < -0.4 is 5.73 Å². The lowest BCUT2D eigenvalue weighted by Crippen LogP contribution is -1.99. The molecule has 3 nitrogen and oxygen atoms in total. The second-order valence-electron chi connectivity index (χ2n) is 2.66.